The fourth-order valence-corrected chi connectivity index (χ4v) is 4.20. The van der Waals surface area contributed by atoms with Gasteiger partial charge in [-0.05, 0) is 25.5 Å². The van der Waals surface area contributed by atoms with Crippen molar-refractivity contribution >= 4 is 34.8 Å². The third kappa shape index (κ3) is 5.61. The summed E-state index contributed by atoms with van der Waals surface area (Å²) < 4.78 is 10.6. The van der Waals surface area contributed by atoms with Crippen molar-refractivity contribution in [3.8, 4) is 5.75 Å². The number of pyridine rings is 1. The number of carboxylic acids is 1. The van der Waals surface area contributed by atoms with Gasteiger partial charge in [0.1, 0.15) is 11.3 Å². The number of aromatic nitrogens is 1. The topological polar surface area (TPSA) is 138 Å². The average Bonchev–Trinajstić information content (AvgIpc) is 2.87. The van der Waals surface area contributed by atoms with Crippen molar-refractivity contribution in [3.05, 3.63) is 35.5 Å². The van der Waals surface area contributed by atoms with Crippen LogP contribution >= 0.6 is 0 Å². The van der Waals surface area contributed by atoms with Crippen LogP contribution in [-0.2, 0) is 14.3 Å². The minimum atomic E-state index is -1.07. The molecule has 1 fully saturated rings. The Morgan fingerprint density at radius 3 is 2.37 bits per heavy atom. The van der Waals surface area contributed by atoms with E-state index < -0.39 is 23.9 Å². The Balaban J connectivity index is 2.03. The number of piperazine rings is 1. The smallest absolute Gasteiger partial charge is 0.409 e. The van der Waals surface area contributed by atoms with Gasteiger partial charge in [-0.15, -0.1) is 0 Å². The molecule has 188 valence electrons. The molecular formula is C24H30N4O7. The maximum atomic E-state index is 13.7. The Labute approximate surface area is 203 Å². The molecule has 1 aliphatic rings. The number of carbonyl (C=O) groups excluding carboxylic acids is 3. The second kappa shape index (κ2) is 11.5. The highest BCUT2D eigenvalue weighted by atomic mass is 16.6. The SMILES string of the molecule is CCOC(=O)N1CCN(C(=O)C(CCC(=O)O)c2nc3ccccc3c(OC)c2C(=O)NC)CC1. The molecule has 2 heterocycles. The molecule has 0 radical (unpaired) electrons. The third-order valence-corrected chi connectivity index (χ3v) is 5.92. The summed E-state index contributed by atoms with van der Waals surface area (Å²) in [5.74, 6) is -2.64. The molecule has 3 rings (SSSR count). The molecular weight excluding hydrogens is 456 g/mol. The quantitative estimate of drug-likeness (QED) is 0.577. The first-order chi connectivity index (χ1) is 16.8. The minimum Gasteiger partial charge on any atom is -0.495 e. The molecule has 1 unspecified atom stereocenters. The van der Waals surface area contributed by atoms with E-state index in [2.05, 4.69) is 10.3 Å². The normalized spacial score (nSPS) is 14.4. The number of aliphatic carboxylic acids is 1. The standard InChI is InChI=1S/C24H30N4O7/c1-4-35-24(33)28-13-11-27(12-14-28)23(32)16(9-10-18(29)30)20-19(22(31)25-2)21(34-3)15-7-5-6-8-17(15)26-20/h5-8,16H,4,9-14H2,1-3H3,(H,25,31)(H,29,30). The number of methoxy groups -OCH3 is 1. The highest BCUT2D eigenvalue weighted by Crippen LogP contribution is 2.36. The molecule has 11 nitrogen and oxygen atoms in total. The zero-order valence-electron chi connectivity index (χ0n) is 20.1. The Bertz CT molecular complexity index is 1110. The van der Waals surface area contributed by atoms with Gasteiger partial charge in [0.25, 0.3) is 5.91 Å². The first-order valence-corrected chi connectivity index (χ1v) is 11.4. The van der Waals surface area contributed by atoms with Gasteiger partial charge in [0.2, 0.25) is 5.91 Å². The number of fused-ring (bicyclic) bond motifs is 1. The average molecular weight is 487 g/mol. The highest BCUT2D eigenvalue weighted by Gasteiger charge is 2.35. The number of nitrogens with one attached hydrogen (secondary N) is 1. The van der Waals surface area contributed by atoms with E-state index in [-0.39, 0.29) is 68.5 Å². The molecule has 0 saturated carbocycles. The lowest BCUT2D eigenvalue weighted by molar-refractivity contribution is -0.138. The fraction of sp³-hybridized carbons (Fsp3) is 0.458. The number of benzene rings is 1. The molecule has 1 aromatic heterocycles. The van der Waals surface area contributed by atoms with E-state index >= 15 is 0 Å². The molecule has 0 spiro atoms. The number of carbonyl (C=O) groups is 4. The highest BCUT2D eigenvalue weighted by molar-refractivity contribution is 6.05. The monoisotopic (exact) mass is 486 g/mol. The van der Waals surface area contributed by atoms with E-state index in [1.165, 1.54) is 19.1 Å². The Morgan fingerprint density at radius 1 is 1.11 bits per heavy atom. The van der Waals surface area contributed by atoms with Crippen molar-refractivity contribution in [1.82, 2.24) is 20.1 Å². The van der Waals surface area contributed by atoms with Crippen molar-refractivity contribution in [2.75, 3.05) is 46.9 Å². The number of hydrogen-bond donors (Lipinski definition) is 2. The molecule has 1 aliphatic heterocycles. The largest absolute Gasteiger partial charge is 0.495 e. The molecule has 1 aromatic carbocycles. The van der Waals surface area contributed by atoms with Crippen molar-refractivity contribution in [3.63, 3.8) is 0 Å². The lowest BCUT2D eigenvalue weighted by Crippen LogP contribution is -2.52. The van der Waals surface area contributed by atoms with Crippen molar-refractivity contribution < 1.29 is 33.8 Å². The molecule has 1 atom stereocenters. The zero-order chi connectivity index (χ0) is 25.5. The second-order valence-electron chi connectivity index (χ2n) is 8.00. The van der Waals surface area contributed by atoms with Crippen molar-refractivity contribution in [1.29, 1.82) is 0 Å². The number of ether oxygens (including phenoxy) is 2. The van der Waals surface area contributed by atoms with E-state index in [0.29, 0.717) is 10.9 Å². The zero-order valence-corrected chi connectivity index (χ0v) is 20.1. The Kier molecular flexibility index (Phi) is 8.45. The molecule has 3 amide bonds. The number of carboxylic acid groups (broad SMARTS) is 1. The van der Waals surface area contributed by atoms with Crippen LogP contribution in [0, 0.1) is 0 Å². The van der Waals surface area contributed by atoms with Crippen LogP contribution in [0.3, 0.4) is 0 Å². The van der Waals surface area contributed by atoms with Gasteiger partial charge < -0.3 is 29.7 Å². The van der Waals surface area contributed by atoms with Crippen LogP contribution in [0.5, 0.6) is 5.75 Å². The van der Waals surface area contributed by atoms with Crippen LogP contribution in [0.15, 0.2) is 24.3 Å². The molecule has 0 aliphatic carbocycles. The Hall–Kier alpha value is -3.89. The van der Waals surface area contributed by atoms with Crippen LogP contribution in [0.25, 0.3) is 10.9 Å². The lowest BCUT2D eigenvalue weighted by Gasteiger charge is -2.36. The molecule has 2 N–H and O–H groups in total. The van der Waals surface area contributed by atoms with Gasteiger partial charge in [-0.2, -0.15) is 0 Å². The summed E-state index contributed by atoms with van der Waals surface area (Å²) in [4.78, 5) is 57.8. The van der Waals surface area contributed by atoms with Gasteiger partial charge in [-0.1, -0.05) is 12.1 Å². The summed E-state index contributed by atoms with van der Waals surface area (Å²) in [5.41, 5.74) is 0.786. The van der Waals surface area contributed by atoms with Gasteiger partial charge in [-0.25, -0.2) is 4.79 Å². The van der Waals surface area contributed by atoms with Crippen LogP contribution in [0.4, 0.5) is 4.79 Å². The predicted molar refractivity (Wildman–Crippen MR) is 126 cm³/mol. The van der Waals surface area contributed by atoms with E-state index in [0.717, 1.165) is 0 Å². The van der Waals surface area contributed by atoms with Gasteiger partial charge >= 0.3 is 12.1 Å². The van der Waals surface area contributed by atoms with Crippen LogP contribution in [-0.4, -0.2) is 90.7 Å². The van der Waals surface area contributed by atoms with Gasteiger partial charge in [0.15, 0.2) is 0 Å². The fourth-order valence-electron chi connectivity index (χ4n) is 4.20. The first-order valence-electron chi connectivity index (χ1n) is 11.4. The van der Waals surface area contributed by atoms with Crippen molar-refractivity contribution in [2.45, 2.75) is 25.7 Å². The summed E-state index contributed by atoms with van der Waals surface area (Å²) in [6.45, 7) is 3.05. The second-order valence-corrected chi connectivity index (χ2v) is 8.00. The predicted octanol–water partition coefficient (Wildman–Crippen LogP) is 1.85. The van der Waals surface area contributed by atoms with E-state index in [1.54, 1.807) is 36.1 Å². The molecule has 0 bridgehead atoms. The van der Waals surface area contributed by atoms with Crippen LogP contribution in [0.2, 0.25) is 0 Å². The molecule has 35 heavy (non-hydrogen) atoms. The molecule has 1 saturated heterocycles. The Morgan fingerprint density at radius 2 is 1.77 bits per heavy atom. The van der Waals surface area contributed by atoms with Crippen molar-refractivity contribution in [2.24, 2.45) is 0 Å². The summed E-state index contributed by atoms with van der Waals surface area (Å²) in [6, 6.07) is 7.07. The molecule has 11 heteroatoms. The van der Waals surface area contributed by atoms with Crippen LogP contribution in [0.1, 0.15) is 41.7 Å². The number of rotatable bonds is 8. The van der Waals surface area contributed by atoms with E-state index in [4.69, 9.17) is 9.47 Å². The number of nitrogens with zero attached hydrogens (tertiary/aromatic N) is 3. The van der Waals surface area contributed by atoms with E-state index in [1.807, 2.05) is 0 Å². The number of hydrogen-bond acceptors (Lipinski definition) is 7. The number of amides is 3. The summed E-state index contributed by atoms with van der Waals surface area (Å²) >= 11 is 0. The molecule has 2 aromatic rings. The van der Waals surface area contributed by atoms with Crippen LogP contribution < -0.4 is 10.1 Å². The first kappa shape index (κ1) is 25.7. The third-order valence-electron chi connectivity index (χ3n) is 5.92. The summed E-state index contributed by atoms with van der Waals surface area (Å²) in [5, 5.41) is 12.5. The maximum absolute atomic E-state index is 13.7. The van der Waals surface area contributed by atoms with E-state index in [9.17, 15) is 24.3 Å². The summed E-state index contributed by atoms with van der Waals surface area (Å²) in [6.07, 6.45) is -0.779. The lowest BCUT2D eigenvalue weighted by atomic mass is 9.91. The maximum Gasteiger partial charge on any atom is 0.409 e. The van der Waals surface area contributed by atoms with Gasteiger partial charge in [-0.3, -0.25) is 19.4 Å². The number of para-hydroxylation sites is 1. The van der Waals surface area contributed by atoms with Gasteiger partial charge in [0, 0.05) is 45.0 Å². The minimum absolute atomic E-state index is 0.0508. The summed E-state index contributed by atoms with van der Waals surface area (Å²) in [7, 11) is 2.89. The van der Waals surface area contributed by atoms with Gasteiger partial charge in [0.05, 0.1) is 30.8 Å².